The monoisotopic (exact) mass is 404 g/mol. The van der Waals surface area contributed by atoms with Gasteiger partial charge >= 0.3 is 5.97 Å². The second-order valence-electron chi connectivity index (χ2n) is 7.48. The van der Waals surface area contributed by atoms with Gasteiger partial charge < -0.3 is 14.1 Å². The first-order chi connectivity index (χ1) is 13.8. The van der Waals surface area contributed by atoms with Crippen LogP contribution >= 0.6 is 0 Å². The summed E-state index contributed by atoms with van der Waals surface area (Å²) < 4.78 is 23.5. The highest BCUT2D eigenvalue weighted by Crippen LogP contribution is 2.14. The third kappa shape index (κ3) is 7.02. The summed E-state index contributed by atoms with van der Waals surface area (Å²) in [6.45, 7) is 7.02. The van der Waals surface area contributed by atoms with Crippen molar-refractivity contribution >= 4 is 11.9 Å². The molecule has 6 nitrogen and oxygen atoms in total. The van der Waals surface area contributed by atoms with Gasteiger partial charge in [-0.15, -0.1) is 0 Å². The number of benzene rings is 1. The third-order valence-electron chi connectivity index (χ3n) is 4.59. The molecule has 2 rings (SSSR count). The highest BCUT2D eigenvalue weighted by Gasteiger charge is 2.27. The van der Waals surface area contributed by atoms with Crippen LogP contribution in [0, 0.1) is 11.7 Å². The molecule has 1 heterocycles. The molecule has 1 aromatic heterocycles. The maximum atomic E-state index is 13.2. The Morgan fingerprint density at radius 1 is 1.10 bits per heavy atom. The second kappa shape index (κ2) is 10.8. The van der Waals surface area contributed by atoms with Crippen LogP contribution in [0.3, 0.4) is 0 Å². The maximum absolute atomic E-state index is 13.2. The number of halogens is 1. The van der Waals surface area contributed by atoms with Gasteiger partial charge in [-0.3, -0.25) is 14.5 Å². The quantitative estimate of drug-likeness (QED) is 0.568. The molecular weight excluding hydrogens is 375 g/mol. The number of nitrogens with zero attached hydrogens (tertiary/aromatic N) is 2. The molecule has 1 aromatic carbocycles. The summed E-state index contributed by atoms with van der Waals surface area (Å²) in [5.74, 6) is 0.0618. The summed E-state index contributed by atoms with van der Waals surface area (Å²) in [6.07, 6.45) is 1.56. The Labute approximate surface area is 171 Å². The van der Waals surface area contributed by atoms with E-state index in [2.05, 4.69) is 0 Å². The Balaban J connectivity index is 2.18. The van der Waals surface area contributed by atoms with Crippen LogP contribution in [-0.4, -0.2) is 47.9 Å². The predicted molar refractivity (Wildman–Crippen MR) is 107 cm³/mol. The molecule has 0 N–H and O–H groups in total. The number of amides is 1. The topological polar surface area (TPSA) is 63.0 Å². The lowest BCUT2D eigenvalue weighted by Gasteiger charge is -2.31. The Morgan fingerprint density at radius 2 is 1.79 bits per heavy atom. The van der Waals surface area contributed by atoms with Crippen molar-refractivity contribution < 1.29 is 23.1 Å². The summed E-state index contributed by atoms with van der Waals surface area (Å²) in [5, 5.41) is 0. The predicted octanol–water partition coefficient (Wildman–Crippen LogP) is 3.47. The van der Waals surface area contributed by atoms with Crippen LogP contribution in [0.5, 0.6) is 0 Å². The number of furan rings is 1. The van der Waals surface area contributed by atoms with Crippen LogP contribution in [0.15, 0.2) is 47.1 Å². The lowest BCUT2D eigenvalue weighted by molar-refractivity contribution is -0.148. The maximum Gasteiger partial charge on any atom is 0.322 e. The first-order valence-corrected chi connectivity index (χ1v) is 9.66. The zero-order valence-electron chi connectivity index (χ0n) is 17.4. The van der Waals surface area contributed by atoms with Crippen LogP contribution in [-0.2, 0) is 27.4 Å². The van der Waals surface area contributed by atoms with Gasteiger partial charge in [0.25, 0.3) is 0 Å². The van der Waals surface area contributed by atoms with E-state index in [0.29, 0.717) is 18.8 Å². The lowest BCUT2D eigenvalue weighted by Crippen LogP contribution is -2.47. The van der Waals surface area contributed by atoms with E-state index in [9.17, 15) is 14.0 Å². The lowest BCUT2D eigenvalue weighted by atomic mass is 10.1. The molecule has 1 atom stereocenters. The Hall–Kier alpha value is -2.67. The molecule has 0 saturated carbocycles. The molecule has 0 unspecified atom stereocenters. The zero-order chi connectivity index (χ0) is 21.4. The number of carbonyl (C=O) groups is 2. The van der Waals surface area contributed by atoms with E-state index in [4.69, 9.17) is 9.15 Å². The second-order valence-corrected chi connectivity index (χ2v) is 7.48. The molecule has 0 aliphatic rings. The molecular formula is C22H29FN2O4. The molecule has 0 aliphatic carbocycles. The molecule has 0 bridgehead atoms. The van der Waals surface area contributed by atoms with Gasteiger partial charge in [-0.2, -0.15) is 0 Å². The van der Waals surface area contributed by atoms with E-state index >= 15 is 0 Å². The number of rotatable bonds is 10. The Morgan fingerprint density at radius 3 is 2.34 bits per heavy atom. The molecule has 158 valence electrons. The number of hydrogen-bond donors (Lipinski definition) is 0. The fraction of sp³-hybridized carbons (Fsp3) is 0.455. The van der Waals surface area contributed by atoms with Gasteiger partial charge in [0.1, 0.15) is 17.6 Å². The molecule has 0 radical (unpaired) electrons. The van der Waals surface area contributed by atoms with Crippen molar-refractivity contribution in [3.8, 4) is 0 Å². The SMILES string of the molecule is COC(=O)[C@@H](C)N(CC(=O)N(Cc1ccc(F)cc1)Cc1ccco1)CC(C)C. The van der Waals surface area contributed by atoms with Crippen LogP contribution in [0.4, 0.5) is 4.39 Å². The molecule has 2 aromatic rings. The van der Waals surface area contributed by atoms with Gasteiger partial charge in [0.15, 0.2) is 0 Å². The van der Waals surface area contributed by atoms with Crippen molar-refractivity contribution in [1.29, 1.82) is 0 Å². The summed E-state index contributed by atoms with van der Waals surface area (Å²) in [6, 6.07) is 9.07. The molecule has 0 saturated heterocycles. The summed E-state index contributed by atoms with van der Waals surface area (Å²) in [7, 11) is 1.34. The first kappa shape index (κ1) is 22.6. The van der Waals surface area contributed by atoms with Crippen molar-refractivity contribution in [1.82, 2.24) is 9.80 Å². The molecule has 0 aliphatic heterocycles. The number of hydrogen-bond acceptors (Lipinski definition) is 5. The number of methoxy groups -OCH3 is 1. The van der Waals surface area contributed by atoms with Crippen molar-refractivity contribution in [3.63, 3.8) is 0 Å². The van der Waals surface area contributed by atoms with Crippen LogP contribution in [0.1, 0.15) is 32.1 Å². The average molecular weight is 404 g/mol. The Bertz CT molecular complexity index is 775. The molecule has 0 fully saturated rings. The van der Waals surface area contributed by atoms with E-state index in [1.54, 1.807) is 42.4 Å². The molecule has 0 spiro atoms. The number of carbonyl (C=O) groups excluding carboxylic acids is 2. The fourth-order valence-corrected chi connectivity index (χ4v) is 3.06. The van der Waals surface area contributed by atoms with Crippen LogP contribution < -0.4 is 0 Å². The van der Waals surface area contributed by atoms with Gasteiger partial charge in [-0.25, -0.2) is 4.39 Å². The summed E-state index contributed by atoms with van der Waals surface area (Å²) in [4.78, 5) is 28.7. The third-order valence-corrected chi connectivity index (χ3v) is 4.59. The van der Waals surface area contributed by atoms with Gasteiger partial charge in [0, 0.05) is 13.1 Å². The summed E-state index contributed by atoms with van der Waals surface area (Å²) in [5.41, 5.74) is 0.808. The summed E-state index contributed by atoms with van der Waals surface area (Å²) >= 11 is 0. The number of esters is 1. The fourth-order valence-electron chi connectivity index (χ4n) is 3.06. The van der Waals surface area contributed by atoms with E-state index in [1.165, 1.54) is 19.2 Å². The van der Waals surface area contributed by atoms with E-state index in [0.717, 1.165) is 5.56 Å². The first-order valence-electron chi connectivity index (χ1n) is 9.66. The van der Waals surface area contributed by atoms with Crippen molar-refractivity contribution in [3.05, 3.63) is 59.8 Å². The minimum atomic E-state index is -0.539. The minimum absolute atomic E-state index is 0.0658. The van der Waals surface area contributed by atoms with Crippen molar-refractivity contribution in [2.75, 3.05) is 20.2 Å². The van der Waals surface area contributed by atoms with Crippen molar-refractivity contribution in [2.24, 2.45) is 5.92 Å². The number of ether oxygens (including phenoxy) is 1. The molecule has 29 heavy (non-hydrogen) atoms. The van der Waals surface area contributed by atoms with E-state index in [-0.39, 0.29) is 36.7 Å². The largest absolute Gasteiger partial charge is 0.468 e. The van der Waals surface area contributed by atoms with Gasteiger partial charge in [0.05, 0.1) is 26.5 Å². The Kier molecular flexibility index (Phi) is 8.39. The van der Waals surface area contributed by atoms with Gasteiger partial charge in [-0.05, 0) is 42.7 Å². The molecule has 7 heteroatoms. The van der Waals surface area contributed by atoms with E-state index in [1.807, 2.05) is 18.7 Å². The van der Waals surface area contributed by atoms with E-state index < -0.39 is 6.04 Å². The highest BCUT2D eigenvalue weighted by molar-refractivity contribution is 5.80. The zero-order valence-corrected chi connectivity index (χ0v) is 17.4. The standard InChI is InChI=1S/C22H29FN2O4/c1-16(2)12-24(17(3)22(27)28-4)15-21(26)25(14-20-6-5-11-29-20)13-18-7-9-19(23)10-8-18/h5-11,16-17H,12-15H2,1-4H3/t17-/m1/s1. The van der Waals surface area contributed by atoms with Gasteiger partial charge in [0.2, 0.25) is 5.91 Å². The van der Waals surface area contributed by atoms with Crippen molar-refractivity contribution in [2.45, 2.75) is 39.9 Å². The smallest absolute Gasteiger partial charge is 0.322 e. The minimum Gasteiger partial charge on any atom is -0.468 e. The highest BCUT2D eigenvalue weighted by atomic mass is 19.1. The van der Waals surface area contributed by atoms with Crippen LogP contribution in [0.25, 0.3) is 0 Å². The molecule has 1 amide bonds. The van der Waals surface area contributed by atoms with Crippen LogP contribution in [0.2, 0.25) is 0 Å². The van der Waals surface area contributed by atoms with Gasteiger partial charge in [-0.1, -0.05) is 26.0 Å². The average Bonchev–Trinajstić information content (AvgIpc) is 3.20. The normalized spacial score (nSPS) is 12.2.